The smallest absolute Gasteiger partial charge is 0.0622 e. The molecule has 0 aromatic heterocycles. The normalized spacial score (nSPS) is 25.6. The van der Waals surface area contributed by atoms with E-state index < -0.39 is 0 Å². The predicted octanol–water partition coefficient (Wildman–Crippen LogP) is 1.75. The van der Waals surface area contributed by atoms with Crippen molar-refractivity contribution in [3.8, 4) is 6.07 Å². The monoisotopic (exact) mass is 221 g/mol. The van der Waals surface area contributed by atoms with Crippen LogP contribution in [0, 0.1) is 17.2 Å². The summed E-state index contributed by atoms with van der Waals surface area (Å²) in [5, 5.41) is 12.1. The molecule has 0 aromatic rings. The SMILES string of the molecule is N#CCCCN(CC1CCCNC1)C1CC1. The Morgan fingerprint density at radius 2 is 2.19 bits per heavy atom. The fourth-order valence-electron chi connectivity index (χ4n) is 2.64. The Balaban J connectivity index is 1.71. The Labute approximate surface area is 98.8 Å². The van der Waals surface area contributed by atoms with Gasteiger partial charge in [0, 0.05) is 19.0 Å². The molecule has 1 saturated heterocycles. The molecule has 1 aliphatic heterocycles. The van der Waals surface area contributed by atoms with E-state index in [1.165, 1.54) is 45.3 Å². The molecule has 1 atom stereocenters. The van der Waals surface area contributed by atoms with E-state index in [1.54, 1.807) is 0 Å². The first kappa shape index (κ1) is 11.9. The van der Waals surface area contributed by atoms with Gasteiger partial charge in [0.05, 0.1) is 6.07 Å². The summed E-state index contributed by atoms with van der Waals surface area (Å²) < 4.78 is 0. The van der Waals surface area contributed by atoms with Crippen molar-refractivity contribution in [2.75, 3.05) is 26.2 Å². The number of unbranched alkanes of at least 4 members (excludes halogenated alkanes) is 1. The molecular weight excluding hydrogens is 198 g/mol. The van der Waals surface area contributed by atoms with E-state index in [0.29, 0.717) is 6.42 Å². The van der Waals surface area contributed by atoms with Gasteiger partial charge in [0.2, 0.25) is 0 Å². The van der Waals surface area contributed by atoms with Crippen LogP contribution in [0.1, 0.15) is 38.5 Å². The van der Waals surface area contributed by atoms with Gasteiger partial charge in [0.15, 0.2) is 0 Å². The molecule has 3 heteroatoms. The third kappa shape index (κ3) is 3.77. The number of rotatable bonds is 6. The topological polar surface area (TPSA) is 39.1 Å². The summed E-state index contributed by atoms with van der Waals surface area (Å²) in [6, 6.07) is 3.09. The summed E-state index contributed by atoms with van der Waals surface area (Å²) in [5.41, 5.74) is 0. The molecule has 1 unspecified atom stereocenters. The minimum atomic E-state index is 0.714. The van der Waals surface area contributed by atoms with Gasteiger partial charge in [-0.2, -0.15) is 5.26 Å². The Hall–Kier alpha value is -0.590. The first-order valence-corrected chi connectivity index (χ1v) is 6.72. The van der Waals surface area contributed by atoms with Crippen molar-refractivity contribution in [3.05, 3.63) is 0 Å². The lowest BCUT2D eigenvalue weighted by Crippen LogP contribution is -2.39. The summed E-state index contributed by atoms with van der Waals surface area (Å²) >= 11 is 0. The molecule has 0 amide bonds. The summed E-state index contributed by atoms with van der Waals surface area (Å²) in [7, 11) is 0. The first-order chi connectivity index (χ1) is 7.90. The van der Waals surface area contributed by atoms with Crippen molar-refractivity contribution < 1.29 is 0 Å². The van der Waals surface area contributed by atoms with Gasteiger partial charge in [-0.25, -0.2) is 0 Å². The zero-order valence-electron chi connectivity index (χ0n) is 10.1. The average Bonchev–Trinajstić information content (AvgIpc) is 3.13. The van der Waals surface area contributed by atoms with E-state index in [9.17, 15) is 0 Å². The lowest BCUT2D eigenvalue weighted by molar-refractivity contribution is 0.198. The second-order valence-electron chi connectivity index (χ2n) is 5.20. The summed E-state index contributed by atoms with van der Waals surface area (Å²) in [5.74, 6) is 0.844. The molecule has 1 heterocycles. The number of piperidine rings is 1. The maximum Gasteiger partial charge on any atom is 0.0622 e. The number of hydrogen-bond donors (Lipinski definition) is 1. The molecule has 2 aliphatic rings. The highest BCUT2D eigenvalue weighted by atomic mass is 15.2. The highest BCUT2D eigenvalue weighted by molar-refractivity contribution is 4.87. The third-order valence-electron chi connectivity index (χ3n) is 3.69. The van der Waals surface area contributed by atoms with E-state index >= 15 is 0 Å². The predicted molar refractivity (Wildman–Crippen MR) is 65.0 cm³/mol. The van der Waals surface area contributed by atoms with Crippen LogP contribution in [0.3, 0.4) is 0 Å². The van der Waals surface area contributed by atoms with Crippen LogP contribution < -0.4 is 5.32 Å². The fourth-order valence-corrected chi connectivity index (χ4v) is 2.64. The van der Waals surface area contributed by atoms with Gasteiger partial charge in [0.25, 0.3) is 0 Å². The maximum absolute atomic E-state index is 8.58. The maximum atomic E-state index is 8.58. The van der Waals surface area contributed by atoms with Crippen LogP contribution in [-0.4, -0.2) is 37.1 Å². The largest absolute Gasteiger partial charge is 0.316 e. The van der Waals surface area contributed by atoms with E-state index in [0.717, 1.165) is 24.9 Å². The highest BCUT2D eigenvalue weighted by Gasteiger charge is 2.30. The first-order valence-electron chi connectivity index (χ1n) is 6.72. The zero-order chi connectivity index (χ0) is 11.2. The van der Waals surface area contributed by atoms with Crippen LogP contribution in [0.25, 0.3) is 0 Å². The van der Waals surface area contributed by atoms with Crippen LogP contribution in [0.15, 0.2) is 0 Å². The summed E-state index contributed by atoms with van der Waals surface area (Å²) in [6.45, 7) is 4.79. The van der Waals surface area contributed by atoms with E-state index in [2.05, 4.69) is 16.3 Å². The van der Waals surface area contributed by atoms with Gasteiger partial charge in [-0.1, -0.05) is 0 Å². The Morgan fingerprint density at radius 3 is 2.81 bits per heavy atom. The molecule has 1 N–H and O–H groups in total. The molecule has 16 heavy (non-hydrogen) atoms. The fraction of sp³-hybridized carbons (Fsp3) is 0.923. The van der Waals surface area contributed by atoms with E-state index in [4.69, 9.17) is 5.26 Å². The Morgan fingerprint density at radius 1 is 1.31 bits per heavy atom. The highest BCUT2D eigenvalue weighted by Crippen LogP contribution is 2.28. The Kier molecular flexibility index (Phi) is 4.62. The molecule has 3 nitrogen and oxygen atoms in total. The van der Waals surface area contributed by atoms with Crippen molar-refractivity contribution in [2.24, 2.45) is 5.92 Å². The van der Waals surface area contributed by atoms with Crippen LogP contribution in [0.2, 0.25) is 0 Å². The van der Waals surface area contributed by atoms with Crippen LogP contribution in [0.5, 0.6) is 0 Å². The number of nitrogens with zero attached hydrogens (tertiary/aromatic N) is 2. The lowest BCUT2D eigenvalue weighted by Gasteiger charge is -2.30. The zero-order valence-corrected chi connectivity index (χ0v) is 10.1. The van der Waals surface area contributed by atoms with Crippen LogP contribution >= 0.6 is 0 Å². The molecular formula is C13H23N3. The molecule has 1 saturated carbocycles. The minimum absolute atomic E-state index is 0.714. The van der Waals surface area contributed by atoms with Crippen molar-refractivity contribution in [1.29, 1.82) is 5.26 Å². The van der Waals surface area contributed by atoms with Crippen LogP contribution in [0.4, 0.5) is 0 Å². The molecule has 2 fully saturated rings. The van der Waals surface area contributed by atoms with Gasteiger partial charge in [-0.15, -0.1) is 0 Å². The minimum Gasteiger partial charge on any atom is -0.316 e. The van der Waals surface area contributed by atoms with Crippen molar-refractivity contribution in [3.63, 3.8) is 0 Å². The number of hydrogen-bond acceptors (Lipinski definition) is 3. The summed E-state index contributed by atoms with van der Waals surface area (Å²) in [4.78, 5) is 2.63. The lowest BCUT2D eigenvalue weighted by atomic mass is 9.99. The molecule has 0 radical (unpaired) electrons. The van der Waals surface area contributed by atoms with Gasteiger partial charge < -0.3 is 10.2 Å². The van der Waals surface area contributed by atoms with Gasteiger partial charge in [0.1, 0.15) is 0 Å². The standard InChI is InChI=1S/C13H23N3/c14-7-1-2-9-16(13-5-6-13)11-12-4-3-8-15-10-12/h12-13,15H,1-6,8-11H2. The van der Waals surface area contributed by atoms with E-state index in [-0.39, 0.29) is 0 Å². The molecule has 1 aliphatic carbocycles. The average molecular weight is 221 g/mol. The van der Waals surface area contributed by atoms with Crippen molar-refractivity contribution in [2.45, 2.75) is 44.6 Å². The van der Waals surface area contributed by atoms with Crippen LogP contribution in [-0.2, 0) is 0 Å². The molecule has 0 aromatic carbocycles. The molecule has 0 bridgehead atoms. The molecule has 0 spiro atoms. The number of nitriles is 1. The molecule has 2 rings (SSSR count). The second-order valence-corrected chi connectivity index (χ2v) is 5.20. The summed E-state index contributed by atoms with van der Waals surface area (Å²) in [6.07, 6.45) is 7.24. The molecule has 90 valence electrons. The van der Waals surface area contributed by atoms with Gasteiger partial charge in [-0.05, 0) is 57.7 Å². The van der Waals surface area contributed by atoms with Gasteiger partial charge >= 0.3 is 0 Å². The van der Waals surface area contributed by atoms with Crippen molar-refractivity contribution in [1.82, 2.24) is 10.2 Å². The second kappa shape index (κ2) is 6.22. The quantitative estimate of drug-likeness (QED) is 0.695. The van der Waals surface area contributed by atoms with Crippen molar-refractivity contribution >= 4 is 0 Å². The van der Waals surface area contributed by atoms with Gasteiger partial charge in [-0.3, -0.25) is 0 Å². The Bertz CT molecular complexity index is 236. The number of nitrogens with one attached hydrogen (secondary N) is 1. The third-order valence-corrected chi connectivity index (χ3v) is 3.69. The van der Waals surface area contributed by atoms with E-state index in [1.807, 2.05) is 0 Å².